The number of carbonyl (C=O) groups excluding carboxylic acids is 2. The number of anilines is 1. The number of carbonyl (C=O) groups is 2. The van der Waals surface area contributed by atoms with Crippen molar-refractivity contribution in [3.63, 3.8) is 0 Å². The van der Waals surface area contributed by atoms with Gasteiger partial charge in [-0.05, 0) is 18.4 Å². The van der Waals surface area contributed by atoms with Crippen molar-refractivity contribution in [2.24, 2.45) is 5.92 Å². The molecule has 10 heteroatoms. The molecule has 0 saturated carbocycles. The van der Waals surface area contributed by atoms with E-state index in [4.69, 9.17) is 0 Å². The number of benzene rings is 1. The second-order valence-electron chi connectivity index (χ2n) is 6.78. The van der Waals surface area contributed by atoms with Crippen LogP contribution >= 0.6 is 0 Å². The van der Waals surface area contributed by atoms with E-state index in [1.54, 1.807) is 16.9 Å². The number of rotatable bonds is 5. The Kier molecular flexibility index (Phi) is 6.40. The van der Waals surface area contributed by atoms with Gasteiger partial charge in [0.15, 0.2) is 6.61 Å². The lowest BCUT2D eigenvalue weighted by molar-refractivity contribution is -0.162. The van der Waals surface area contributed by atoms with Gasteiger partial charge in [-0.15, -0.1) is 0 Å². The van der Waals surface area contributed by atoms with E-state index in [0.29, 0.717) is 25.2 Å². The highest BCUT2D eigenvalue weighted by Crippen LogP contribution is 2.21. The molecular weight excluding hydrogens is 389 g/mol. The maximum absolute atomic E-state index is 12.6. The molecular formula is C19H21F3N4O3. The average Bonchev–Trinajstić information content (AvgIpc) is 3.13. The van der Waals surface area contributed by atoms with Crippen molar-refractivity contribution in [1.82, 2.24) is 14.7 Å². The summed E-state index contributed by atoms with van der Waals surface area (Å²) in [5.41, 5.74) is 1.04. The van der Waals surface area contributed by atoms with Crippen LogP contribution in [0.5, 0.6) is 0 Å². The summed E-state index contributed by atoms with van der Waals surface area (Å²) in [5.74, 6) is 0.00994. The molecule has 0 radical (unpaired) electrons. The molecule has 1 saturated heterocycles. The fourth-order valence-corrected chi connectivity index (χ4v) is 3.11. The highest BCUT2D eigenvalue weighted by Gasteiger charge is 2.33. The zero-order valence-corrected chi connectivity index (χ0v) is 15.6. The van der Waals surface area contributed by atoms with Crippen molar-refractivity contribution in [3.05, 3.63) is 48.2 Å². The molecule has 29 heavy (non-hydrogen) atoms. The van der Waals surface area contributed by atoms with Gasteiger partial charge in [-0.1, -0.05) is 30.3 Å². The lowest BCUT2D eigenvalue weighted by atomic mass is 9.96. The molecule has 2 amide bonds. The van der Waals surface area contributed by atoms with E-state index in [2.05, 4.69) is 15.2 Å². The van der Waals surface area contributed by atoms with Gasteiger partial charge >= 0.3 is 12.3 Å². The van der Waals surface area contributed by atoms with Crippen molar-refractivity contribution in [1.29, 1.82) is 0 Å². The smallest absolute Gasteiger partial charge is 0.422 e. The molecule has 0 atom stereocenters. The quantitative estimate of drug-likeness (QED) is 0.821. The molecule has 3 rings (SSSR count). The summed E-state index contributed by atoms with van der Waals surface area (Å²) < 4.78 is 42.4. The van der Waals surface area contributed by atoms with Crippen LogP contribution in [0.4, 0.5) is 23.8 Å². The Balaban J connectivity index is 1.49. The largest absolute Gasteiger partial charge is 0.440 e. The first kappa shape index (κ1) is 20.7. The van der Waals surface area contributed by atoms with Gasteiger partial charge in [-0.3, -0.25) is 4.79 Å². The predicted molar refractivity (Wildman–Crippen MR) is 98.1 cm³/mol. The molecule has 2 aromatic rings. The van der Waals surface area contributed by atoms with Gasteiger partial charge in [-0.25, -0.2) is 9.48 Å². The van der Waals surface area contributed by atoms with Crippen molar-refractivity contribution < 1.29 is 27.5 Å². The lowest BCUT2D eigenvalue weighted by Crippen LogP contribution is -2.42. The number of amides is 2. The molecule has 1 aliphatic rings. The third-order valence-corrected chi connectivity index (χ3v) is 4.63. The molecule has 156 valence electrons. The number of alkyl halides is 3. The SMILES string of the molecule is O=C(Nc1ccnn1Cc1ccccc1)C1CCN(C(=O)OCC(F)(F)F)CC1. The summed E-state index contributed by atoms with van der Waals surface area (Å²) >= 11 is 0. The highest BCUT2D eigenvalue weighted by atomic mass is 19.4. The van der Waals surface area contributed by atoms with Gasteiger partial charge in [0, 0.05) is 25.1 Å². The minimum absolute atomic E-state index is 0.165. The third kappa shape index (κ3) is 5.97. The van der Waals surface area contributed by atoms with Crippen LogP contribution in [0, 0.1) is 5.92 Å². The number of aromatic nitrogens is 2. The summed E-state index contributed by atoms with van der Waals surface area (Å²) in [5, 5.41) is 7.07. The second-order valence-corrected chi connectivity index (χ2v) is 6.78. The van der Waals surface area contributed by atoms with Gasteiger partial charge in [-0.2, -0.15) is 18.3 Å². The number of piperidine rings is 1. The summed E-state index contributed by atoms with van der Waals surface area (Å²) in [7, 11) is 0. The molecule has 1 aliphatic heterocycles. The molecule has 1 aromatic heterocycles. The minimum atomic E-state index is -4.56. The topological polar surface area (TPSA) is 76.5 Å². The number of likely N-dealkylation sites (tertiary alicyclic amines) is 1. The van der Waals surface area contributed by atoms with Crippen LogP contribution in [0.25, 0.3) is 0 Å². The predicted octanol–water partition coefficient (Wildman–Crippen LogP) is 3.28. The fraction of sp³-hybridized carbons (Fsp3) is 0.421. The molecule has 0 unspecified atom stereocenters. The third-order valence-electron chi connectivity index (χ3n) is 4.63. The maximum Gasteiger partial charge on any atom is 0.422 e. The first-order valence-corrected chi connectivity index (χ1v) is 9.17. The Hall–Kier alpha value is -3.04. The molecule has 1 aromatic carbocycles. The van der Waals surface area contributed by atoms with Crippen LogP contribution in [0.15, 0.2) is 42.6 Å². The zero-order chi connectivity index (χ0) is 20.9. The van der Waals surface area contributed by atoms with E-state index < -0.39 is 18.9 Å². The van der Waals surface area contributed by atoms with E-state index in [0.717, 1.165) is 5.56 Å². The Labute approximate surface area is 165 Å². The first-order chi connectivity index (χ1) is 13.8. The summed E-state index contributed by atoms with van der Waals surface area (Å²) in [6.45, 7) is -0.777. The van der Waals surface area contributed by atoms with Gasteiger partial charge < -0.3 is 15.0 Å². The van der Waals surface area contributed by atoms with Crippen LogP contribution in [0.2, 0.25) is 0 Å². The average molecular weight is 410 g/mol. The van der Waals surface area contributed by atoms with Crippen LogP contribution in [-0.4, -0.2) is 52.6 Å². The van der Waals surface area contributed by atoms with Gasteiger partial charge in [0.05, 0.1) is 12.7 Å². The zero-order valence-electron chi connectivity index (χ0n) is 15.6. The van der Waals surface area contributed by atoms with Gasteiger partial charge in [0.25, 0.3) is 0 Å². The summed E-state index contributed by atoms with van der Waals surface area (Å²) in [6, 6.07) is 11.4. The van der Waals surface area contributed by atoms with Crippen LogP contribution < -0.4 is 5.32 Å². The molecule has 7 nitrogen and oxygen atoms in total. The fourth-order valence-electron chi connectivity index (χ4n) is 3.11. The van der Waals surface area contributed by atoms with Crippen molar-refractivity contribution >= 4 is 17.8 Å². The molecule has 1 N–H and O–H groups in total. The molecule has 2 heterocycles. The number of hydrogen-bond acceptors (Lipinski definition) is 4. The number of halogens is 3. The van der Waals surface area contributed by atoms with Crippen LogP contribution in [0.1, 0.15) is 18.4 Å². The van der Waals surface area contributed by atoms with Crippen molar-refractivity contribution in [2.45, 2.75) is 25.6 Å². The molecule has 0 aliphatic carbocycles. The molecule has 0 spiro atoms. The molecule has 1 fully saturated rings. The Morgan fingerprint density at radius 1 is 1.14 bits per heavy atom. The second kappa shape index (κ2) is 8.97. The van der Waals surface area contributed by atoms with E-state index in [1.165, 1.54) is 4.90 Å². The first-order valence-electron chi connectivity index (χ1n) is 9.17. The van der Waals surface area contributed by atoms with E-state index in [1.807, 2.05) is 30.3 Å². The number of nitrogens with zero attached hydrogens (tertiary/aromatic N) is 3. The highest BCUT2D eigenvalue weighted by molar-refractivity contribution is 5.92. The number of hydrogen-bond donors (Lipinski definition) is 1. The summed E-state index contributed by atoms with van der Waals surface area (Å²) in [6.07, 6.45) is -3.28. The van der Waals surface area contributed by atoms with Gasteiger partial charge in [0.2, 0.25) is 5.91 Å². The minimum Gasteiger partial charge on any atom is -0.440 e. The monoisotopic (exact) mass is 410 g/mol. The van der Waals surface area contributed by atoms with E-state index >= 15 is 0 Å². The Morgan fingerprint density at radius 2 is 1.83 bits per heavy atom. The van der Waals surface area contributed by atoms with Crippen molar-refractivity contribution in [3.8, 4) is 0 Å². The van der Waals surface area contributed by atoms with E-state index in [9.17, 15) is 22.8 Å². The summed E-state index contributed by atoms with van der Waals surface area (Å²) in [4.78, 5) is 25.4. The van der Waals surface area contributed by atoms with Crippen molar-refractivity contribution in [2.75, 3.05) is 25.0 Å². The number of nitrogens with one attached hydrogen (secondary N) is 1. The van der Waals surface area contributed by atoms with E-state index in [-0.39, 0.29) is 24.9 Å². The van der Waals surface area contributed by atoms with Crippen LogP contribution in [0.3, 0.4) is 0 Å². The normalized spacial score (nSPS) is 15.2. The van der Waals surface area contributed by atoms with Crippen LogP contribution in [-0.2, 0) is 16.1 Å². The Bertz CT molecular complexity index is 831. The maximum atomic E-state index is 12.6. The molecule has 0 bridgehead atoms. The Morgan fingerprint density at radius 3 is 2.48 bits per heavy atom. The number of ether oxygens (including phenoxy) is 1. The standard InChI is InChI=1S/C19H21F3N4O3/c20-19(21,22)13-29-18(28)25-10-7-15(8-11-25)17(27)24-16-6-9-23-26(16)12-14-4-2-1-3-5-14/h1-6,9,15H,7-8,10-13H2,(H,24,27). The van der Waals surface area contributed by atoms with Gasteiger partial charge in [0.1, 0.15) is 5.82 Å². The lowest BCUT2D eigenvalue weighted by Gasteiger charge is -2.30.